The number of hydrogen-bond acceptors (Lipinski definition) is 4. The van der Waals surface area contributed by atoms with E-state index in [-0.39, 0.29) is 11.3 Å². The first-order valence-electron chi connectivity index (χ1n) is 10.6. The topological polar surface area (TPSA) is 50.8 Å². The van der Waals surface area contributed by atoms with Crippen molar-refractivity contribution in [3.05, 3.63) is 71.6 Å². The number of fused-ring (bicyclic) bond motifs is 1. The third-order valence-electron chi connectivity index (χ3n) is 6.23. The van der Waals surface area contributed by atoms with Crippen LogP contribution >= 0.6 is 0 Å². The third kappa shape index (κ3) is 4.05. The number of rotatable bonds is 5. The SMILES string of the molecule is COc1ccc(NC2=C3CC(C(C)(C)C)CC=C3N(c3ccc(OC)cc3)C2=O)cc1. The van der Waals surface area contributed by atoms with Crippen LogP contribution in [0.15, 0.2) is 71.6 Å². The van der Waals surface area contributed by atoms with Crippen LogP contribution in [0.5, 0.6) is 11.5 Å². The van der Waals surface area contributed by atoms with Gasteiger partial charge in [0, 0.05) is 16.9 Å². The molecule has 0 fully saturated rings. The number of anilines is 2. The highest BCUT2D eigenvalue weighted by Crippen LogP contribution is 2.46. The Labute approximate surface area is 184 Å². The maximum Gasteiger partial charge on any atom is 0.279 e. The van der Waals surface area contributed by atoms with Crippen molar-refractivity contribution in [2.24, 2.45) is 11.3 Å². The Bertz CT molecular complexity index is 1030. The zero-order valence-corrected chi connectivity index (χ0v) is 18.9. The van der Waals surface area contributed by atoms with Crippen molar-refractivity contribution < 1.29 is 14.3 Å². The first kappa shape index (κ1) is 21.0. The summed E-state index contributed by atoms with van der Waals surface area (Å²) in [6.07, 6.45) is 4.05. The van der Waals surface area contributed by atoms with Crippen molar-refractivity contribution in [1.29, 1.82) is 0 Å². The molecule has 0 radical (unpaired) electrons. The van der Waals surface area contributed by atoms with Crippen LogP contribution in [0.4, 0.5) is 11.4 Å². The molecule has 0 spiro atoms. The van der Waals surface area contributed by atoms with Crippen LogP contribution in [0.2, 0.25) is 0 Å². The van der Waals surface area contributed by atoms with E-state index in [1.807, 2.05) is 53.4 Å². The summed E-state index contributed by atoms with van der Waals surface area (Å²) in [7, 11) is 3.29. The molecule has 2 aromatic rings. The maximum absolute atomic E-state index is 13.6. The van der Waals surface area contributed by atoms with Crippen LogP contribution in [-0.2, 0) is 4.79 Å². The van der Waals surface area contributed by atoms with Gasteiger partial charge in [0.25, 0.3) is 5.91 Å². The van der Waals surface area contributed by atoms with Crippen molar-refractivity contribution in [3.63, 3.8) is 0 Å². The summed E-state index contributed by atoms with van der Waals surface area (Å²) >= 11 is 0. The van der Waals surface area contributed by atoms with Gasteiger partial charge in [0.15, 0.2) is 0 Å². The molecule has 0 saturated carbocycles. The van der Waals surface area contributed by atoms with E-state index in [9.17, 15) is 4.79 Å². The minimum absolute atomic E-state index is 0.0307. The zero-order chi connectivity index (χ0) is 22.2. The molecule has 5 heteroatoms. The van der Waals surface area contributed by atoms with Gasteiger partial charge in [-0.3, -0.25) is 9.69 Å². The largest absolute Gasteiger partial charge is 0.497 e. The van der Waals surface area contributed by atoms with Crippen LogP contribution < -0.4 is 19.7 Å². The molecule has 5 nitrogen and oxygen atoms in total. The first-order chi connectivity index (χ1) is 14.8. The molecule has 4 rings (SSSR count). The number of ether oxygens (including phenoxy) is 2. The van der Waals surface area contributed by atoms with E-state index < -0.39 is 0 Å². The van der Waals surface area contributed by atoms with Gasteiger partial charge in [0.1, 0.15) is 17.2 Å². The molecule has 2 aromatic carbocycles. The number of allylic oxidation sites excluding steroid dienone is 2. The van der Waals surface area contributed by atoms with Gasteiger partial charge in [0.2, 0.25) is 0 Å². The van der Waals surface area contributed by atoms with Gasteiger partial charge in [0.05, 0.1) is 19.9 Å². The van der Waals surface area contributed by atoms with Gasteiger partial charge in [-0.2, -0.15) is 0 Å². The van der Waals surface area contributed by atoms with Gasteiger partial charge >= 0.3 is 0 Å². The number of carbonyl (C=O) groups is 1. The Morgan fingerprint density at radius 2 is 1.52 bits per heavy atom. The van der Waals surface area contributed by atoms with Crippen LogP contribution in [0.3, 0.4) is 0 Å². The monoisotopic (exact) mass is 418 g/mol. The molecule has 1 aliphatic heterocycles. The molecule has 1 N–H and O–H groups in total. The number of amides is 1. The molecule has 0 saturated heterocycles. The predicted molar refractivity (Wildman–Crippen MR) is 124 cm³/mol. The molecule has 1 atom stereocenters. The van der Waals surface area contributed by atoms with E-state index in [2.05, 4.69) is 32.2 Å². The number of carbonyl (C=O) groups excluding carboxylic acids is 1. The molecule has 1 aliphatic carbocycles. The number of benzene rings is 2. The van der Waals surface area contributed by atoms with Crippen LogP contribution in [-0.4, -0.2) is 20.1 Å². The summed E-state index contributed by atoms with van der Waals surface area (Å²) in [5.74, 6) is 2.00. The fraction of sp³-hybridized carbons (Fsp3) is 0.346. The third-order valence-corrected chi connectivity index (χ3v) is 6.23. The lowest BCUT2D eigenvalue weighted by Gasteiger charge is -2.34. The molecular formula is C26H30N2O3. The van der Waals surface area contributed by atoms with Gasteiger partial charge in [-0.15, -0.1) is 0 Å². The Hall–Kier alpha value is -3.21. The van der Waals surface area contributed by atoms with Crippen molar-refractivity contribution in [3.8, 4) is 11.5 Å². The Kier molecular flexibility index (Phi) is 5.52. The quantitative estimate of drug-likeness (QED) is 0.671. The van der Waals surface area contributed by atoms with E-state index in [1.165, 1.54) is 0 Å². The highest BCUT2D eigenvalue weighted by Gasteiger charge is 2.41. The van der Waals surface area contributed by atoms with Crippen molar-refractivity contribution in [2.45, 2.75) is 33.6 Å². The van der Waals surface area contributed by atoms with Crippen molar-refractivity contribution in [1.82, 2.24) is 0 Å². The van der Waals surface area contributed by atoms with Crippen molar-refractivity contribution in [2.75, 3.05) is 24.4 Å². The van der Waals surface area contributed by atoms with E-state index in [1.54, 1.807) is 14.2 Å². The minimum atomic E-state index is -0.0307. The number of hydrogen-bond donors (Lipinski definition) is 1. The summed E-state index contributed by atoms with van der Waals surface area (Å²) in [6.45, 7) is 6.81. The predicted octanol–water partition coefficient (Wildman–Crippen LogP) is 5.76. The normalized spacial score (nSPS) is 18.6. The average molecular weight is 419 g/mol. The summed E-state index contributed by atoms with van der Waals surface area (Å²) in [6, 6.07) is 15.3. The maximum atomic E-state index is 13.6. The lowest BCUT2D eigenvalue weighted by atomic mass is 9.72. The van der Waals surface area contributed by atoms with Gasteiger partial charge in [-0.1, -0.05) is 26.8 Å². The fourth-order valence-corrected chi connectivity index (χ4v) is 4.21. The number of nitrogens with one attached hydrogen (secondary N) is 1. The molecule has 2 aliphatic rings. The van der Waals surface area contributed by atoms with Crippen LogP contribution in [0.25, 0.3) is 0 Å². The molecule has 1 heterocycles. The summed E-state index contributed by atoms with van der Waals surface area (Å²) in [5, 5.41) is 3.40. The summed E-state index contributed by atoms with van der Waals surface area (Å²) in [4.78, 5) is 15.4. The second kappa shape index (κ2) is 8.14. The molecular weight excluding hydrogens is 388 g/mol. The van der Waals surface area contributed by atoms with E-state index in [0.29, 0.717) is 11.6 Å². The molecule has 31 heavy (non-hydrogen) atoms. The highest BCUT2D eigenvalue weighted by atomic mass is 16.5. The molecule has 1 unspecified atom stereocenters. The van der Waals surface area contributed by atoms with Gasteiger partial charge in [-0.25, -0.2) is 0 Å². The molecule has 0 bridgehead atoms. The highest BCUT2D eigenvalue weighted by molar-refractivity contribution is 6.15. The van der Waals surface area contributed by atoms with E-state index in [4.69, 9.17) is 9.47 Å². The smallest absolute Gasteiger partial charge is 0.279 e. The standard InChI is InChI=1S/C26H30N2O3/c1-26(2,3)17-6-15-23-22(16-17)24(27-18-7-11-20(30-4)12-8-18)25(29)28(23)19-9-13-21(31-5)14-10-19/h7-15,17,27H,6,16H2,1-5H3. The second-order valence-electron chi connectivity index (χ2n) is 9.14. The van der Waals surface area contributed by atoms with Crippen LogP contribution in [0, 0.1) is 11.3 Å². The van der Waals surface area contributed by atoms with Crippen molar-refractivity contribution >= 4 is 17.3 Å². The number of methoxy groups -OCH3 is 2. The van der Waals surface area contributed by atoms with E-state index >= 15 is 0 Å². The molecule has 0 aromatic heterocycles. The zero-order valence-electron chi connectivity index (χ0n) is 18.9. The second-order valence-corrected chi connectivity index (χ2v) is 9.14. The average Bonchev–Trinajstić information content (AvgIpc) is 3.04. The molecule has 162 valence electrons. The summed E-state index contributed by atoms with van der Waals surface area (Å²) < 4.78 is 10.5. The summed E-state index contributed by atoms with van der Waals surface area (Å²) in [5.41, 5.74) is 4.60. The fourth-order valence-electron chi connectivity index (χ4n) is 4.21. The Morgan fingerprint density at radius 3 is 2.06 bits per heavy atom. The van der Waals surface area contributed by atoms with Crippen LogP contribution in [0.1, 0.15) is 33.6 Å². The van der Waals surface area contributed by atoms with E-state index in [0.717, 1.165) is 47.0 Å². The first-order valence-corrected chi connectivity index (χ1v) is 10.6. The molecule has 1 amide bonds. The Balaban J connectivity index is 1.73. The Morgan fingerprint density at radius 1 is 0.935 bits per heavy atom. The lowest BCUT2D eigenvalue weighted by molar-refractivity contribution is -0.114. The van der Waals surface area contributed by atoms with Gasteiger partial charge < -0.3 is 14.8 Å². The lowest BCUT2D eigenvalue weighted by Crippen LogP contribution is -2.29. The minimum Gasteiger partial charge on any atom is -0.497 e. The van der Waals surface area contributed by atoms with Gasteiger partial charge in [-0.05, 0) is 72.7 Å². The number of nitrogens with zero attached hydrogens (tertiary/aromatic N) is 1.